The van der Waals surface area contributed by atoms with Crippen LogP contribution in [0.2, 0.25) is 0 Å². The molecule has 0 aromatic carbocycles. The normalized spacial score (nSPS) is 12.1. The van der Waals surface area contributed by atoms with Gasteiger partial charge in [-0.15, -0.1) is 9.42 Å². The van der Waals surface area contributed by atoms with Gasteiger partial charge in [-0.25, -0.2) is 0 Å². The van der Waals surface area contributed by atoms with E-state index < -0.39 is 8.25 Å². The van der Waals surface area contributed by atoms with Gasteiger partial charge >= 0.3 is 8.25 Å². The molecule has 0 rings (SSSR count). The molecular formula is C11H24O3P+. The SMILES string of the molecule is CC(C)CCCCCCCCO[P+](=O)O. The van der Waals surface area contributed by atoms with E-state index in [1.807, 2.05) is 0 Å². The van der Waals surface area contributed by atoms with Crippen LogP contribution in [0.25, 0.3) is 0 Å². The van der Waals surface area contributed by atoms with Crippen LogP contribution in [0.3, 0.4) is 0 Å². The Balaban J connectivity index is 2.96. The molecule has 0 aliphatic rings. The molecule has 3 nitrogen and oxygen atoms in total. The number of hydrogen-bond donors (Lipinski definition) is 1. The summed E-state index contributed by atoms with van der Waals surface area (Å²) in [6.45, 7) is 4.93. The lowest BCUT2D eigenvalue weighted by molar-refractivity contribution is 0.273. The first-order valence-electron chi connectivity index (χ1n) is 5.92. The van der Waals surface area contributed by atoms with Crippen LogP contribution in [-0.4, -0.2) is 11.5 Å². The van der Waals surface area contributed by atoms with E-state index in [0.717, 1.165) is 18.8 Å². The van der Waals surface area contributed by atoms with Gasteiger partial charge in [0.25, 0.3) is 0 Å². The summed E-state index contributed by atoms with van der Waals surface area (Å²) in [5.74, 6) is 0.819. The summed E-state index contributed by atoms with van der Waals surface area (Å²) in [6.07, 6.45) is 8.45. The molecule has 0 heterocycles. The van der Waals surface area contributed by atoms with Crippen molar-refractivity contribution in [2.45, 2.75) is 58.8 Å². The zero-order chi connectivity index (χ0) is 11.5. The van der Waals surface area contributed by atoms with Crippen LogP contribution in [0.1, 0.15) is 58.8 Å². The molecule has 0 saturated carbocycles. The molecule has 90 valence electrons. The Morgan fingerprint density at radius 1 is 1.07 bits per heavy atom. The van der Waals surface area contributed by atoms with Crippen molar-refractivity contribution in [2.24, 2.45) is 5.92 Å². The maximum atomic E-state index is 10.2. The molecule has 0 spiro atoms. The van der Waals surface area contributed by atoms with Crippen LogP contribution in [-0.2, 0) is 9.09 Å². The van der Waals surface area contributed by atoms with Crippen LogP contribution in [0.15, 0.2) is 0 Å². The van der Waals surface area contributed by atoms with E-state index in [1.54, 1.807) is 0 Å². The molecule has 0 saturated heterocycles. The van der Waals surface area contributed by atoms with Crippen molar-refractivity contribution in [3.05, 3.63) is 0 Å². The average Bonchev–Trinajstić information content (AvgIpc) is 2.14. The fraction of sp³-hybridized carbons (Fsp3) is 1.00. The molecule has 0 aliphatic heterocycles. The van der Waals surface area contributed by atoms with Crippen molar-refractivity contribution < 1.29 is 14.0 Å². The first kappa shape index (κ1) is 15.0. The smallest absolute Gasteiger partial charge is 0.133 e. The highest BCUT2D eigenvalue weighted by molar-refractivity contribution is 7.32. The Hall–Kier alpha value is 0.0200. The lowest BCUT2D eigenvalue weighted by Gasteiger charge is -2.03. The van der Waals surface area contributed by atoms with Gasteiger partial charge in [0.2, 0.25) is 0 Å². The average molecular weight is 235 g/mol. The van der Waals surface area contributed by atoms with Crippen molar-refractivity contribution in [1.29, 1.82) is 0 Å². The highest BCUT2D eigenvalue weighted by Gasteiger charge is 2.09. The van der Waals surface area contributed by atoms with E-state index in [9.17, 15) is 4.57 Å². The molecule has 4 heteroatoms. The Kier molecular flexibility index (Phi) is 10.5. The third kappa shape index (κ3) is 14.0. The number of unbranched alkanes of at least 4 members (excludes halogenated alkanes) is 5. The van der Waals surface area contributed by atoms with E-state index in [1.165, 1.54) is 32.1 Å². The molecule has 0 aromatic heterocycles. The van der Waals surface area contributed by atoms with Gasteiger partial charge in [-0.1, -0.05) is 52.4 Å². The zero-order valence-electron chi connectivity index (χ0n) is 9.95. The second-order valence-corrected chi connectivity index (χ2v) is 5.11. The second kappa shape index (κ2) is 10.5. The predicted molar refractivity (Wildman–Crippen MR) is 62.9 cm³/mol. The standard InChI is InChI=1S/C11H23O3P/c1-11(2)9-7-5-3-4-6-8-10-14-15(12)13/h11H,3-10H2,1-2H3/p+1. The van der Waals surface area contributed by atoms with Crippen LogP contribution in [0.5, 0.6) is 0 Å². The summed E-state index contributed by atoms with van der Waals surface area (Å²) in [5, 5.41) is 0. The highest BCUT2D eigenvalue weighted by atomic mass is 31.1. The van der Waals surface area contributed by atoms with Gasteiger partial charge in [0, 0.05) is 4.57 Å². The minimum Gasteiger partial charge on any atom is -0.133 e. The van der Waals surface area contributed by atoms with E-state index in [2.05, 4.69) is 18.4 Å². The summed E-state index contributed by atoms with van der Waals surface area (Å²) < 4.78 is 14.7. The molecule has 0 amide bonds. The fourth-order valence-electron chi connectivity index (χ4n) is 1.50. The van der Waals surface area contributed by atoms with Crippen molar-refractivity contribution >= 4 is 8.25 Å². The zero-order valence-corrected chi connectivity index (χ0v) is 10.8. The quantitative estimate of drug-likeness (QED) is 0.459. The minimum absolute atomic E-state index is 0.414. The molecule has 1 unspecified atom stereocenters. The maximum absolute atomic E-state index is 10.2. The van der Waals surface area contributed by atoms with Crippen molar-refractivity contribution in [1.82, 2.24) is 0 Å². The number of rotatable bonds is 10. The summed E-state index contributed by atoms with van der Waals surface area (Å²) in [7, 11) is -2.39. The predicted octanol–water partition coefficient (Wildman–Crippen LogP) is 4.04. The second-order valence-electron chi connectivity index (χ2n) is 4.37. The molecule has 0 aliphatic carbocycles. The molecule has 0 fully saturated rings. The Bertz CT molecular complexity index is 160. The van der Waals surface area contributed by atoms with Gasteiger partial charge in [0.1, 0.15) is 6.61 Å². The summed E-state index contributed by atoms with van der Waals surface area (Å²) in [4.78, 5) is 8.36. The lowest BCUT2D eigenvalue weighted by atomic mass is 10.0. The lowest BCUT2D eigenvalue weighted by Crippen LogP contribution is -1.89. The van der Waals surface area contributed by atoms with E-state index >= 15 is 0 Å². The molecule has 0 radical (unpaired) electrons. The molecule has 1 N–H and O–H groups in total. The number of hydrogen-bond acceptors (Lipinski definition) is 2. The first-order valence-corrected chi connectivity index (χ1v) is 7.05. The van der Waals surface area contributed by atoms with Crippen molar-refractivity contribution in [2.75, 3.05) is 6.61 Å². The van der Waals surface area contributed by atoms with Gasteiger partial charge < -0.3 is 0 Å². The van der Waals surface area contributed by atoms with Gasteiger partial charge in [0.05, 0.1) is 0 Å². The van der Waals surface area contributed by atoms with Crippen LogP contribution in [0.4, 0.5) is 0 Å². The molecular weight excluding hydrogens is 211 g/mol. The molecule has 1 atom stereocenters. The third-order valence-electron chi connectivity index (χ3n) is 2.38. The van der Waals surface area contributed by atoms with Gasteiger partial charge in [0.15, 0.2) is 0 Å². The van der Waals surface area contributed by atoms with Crippen molar-refractivity contribution in [3.8, 4) is 0 Å². The summed E-state index contributed by atoms with van der Waals surface area (Å²) in [6, 6.07) is 0. The first-order chi connectivity index (χ1) is 7.13. The largest absolute Gasteiger partial charge is 0.694 e. The summed E-state index contributed by atoms with van der Waals surface area (Å²) >= 11 is 0. The molecule has 15 heavy (non-hydrogen) atoms. The Morgan fingerprint density at radius 2 is 1.60 bits per heavy atom. The maximum Gasteiger partial charge on any atom is 0.694 e. The Morgan fingerprint density at radius 3 is 2.13 bits per heavy atom. The Labute approximate surface area is 94.2 Å². The van der Waals surface area contributed by atoms with Gasteiger partial charge in [-0.05, 0) is 12.3 Å². The van der Waals surface area contributed by atoms with Gasteiger partial charge in [-0.3, -0.25) is 0 Å². The van der Waals surface area contributed by atoms with E-state index in [4.69, 9.17) is 4.89 Å². The third-order valence-corrected chi connectivity index (χ3v) is 2.78. The monoisotopic (exact) mass is 235 g/mol. The molecule has 0 bridgehead atoms. The van der Waals surface area contributed by atoms with Gasteiger partial charge in [-0.2, -0.15) is 0 Å². The van der Waals surface area contributed by atoms with Crippen LogP contribution < -0.4 is 0 Å². The topological polar surface area (TPSA) is 46.5 Å². The molecule has 0 aromatic rings. The van der Waals surface area contributed by atoms with Crippen LogP contribution >= 0.6 is 8.25 Å². The van der Waals surface area contributed by atoms with E-state index in [-0.39, 0.29) is 0 Å². The minimum atomic E-state index is -2.39. The van der Waals surface area contributed by atoms with Crippen LogP contribution in [0, 0.1) is 5.92 Å². The fourth-order valence-corrected chi connectivity index (χ4v) is 1.79. The van der Waals surface area contributed by atoms with Crippen molar-refractivity contribution in [3.63, 3.8) is 0 Å². The highest BCUT2D eigenvalue weighted by Crippen LogP contribution is 2.16. The summed E-state index contributed by atoms with van der Waals surface area (Å²) in [5.41, 5.74) is 0. The van der Waals surface area contributed by atoms with E-state index in [0.29, 0.717) is 6.61 Å².